The van der Waals surface area contributed by atoms with Crippen molar-refractivity contribution in [1.82, 2.24) is 0 Å². The number of benzene rings is 1. The Kier molecular flexibility index (Phi) is 3.55. The third-order valence-corrected chi connectivity index (χ3v) is 3.21. The van der Waals surface area contributed by atoms with Gasteiger partial charge in [-0.3, -0.25) is 4.79 Å². The minimum Gasteiger partial charge on any atom is -0.512 e. The van der Waals surface area contributed by atoms with E-state index in [1.54, 1.807) is 0 Å². The zero-order valence-electron chi connectivity index (χ0n) is 10.0. The number of rotatable bonds is 3. The van der Waals surface area contributed by atoms with Crippen LogP contribution < -0.4 is 0 Å². The van der Waals surface area contributed by atoms with Crippen LogP contribution in [-0.2, 0) is 11.2 Å². The number of carbonyl (C=O) groups is 1. The van der Waals surface area contributed by atoms with Crippen molar-refractivity contribution in [2.45, 2.75) is 32.1 Å². The Hall–Kier alpha value is -1.97. The number of ketones is 1. The SMILES string of the molecule is O=C1CCC/C1=C(/O)CCc1cc(O)ccc1O. The van der Waals surface area contributed by atoms with Crippen LogP contribution in [0.3, 0.4) is 0 Å². The second-order valence-corrected chi connectivity index (χ2v) is 4.51. The first-order valence-electron chi connectivity index (χ1n) is 6.03. The van der Waals surface area contributed by atoms with Gasteiger partial charge < -0.3 is 15.3 Å². The molecule has 4 heteroatoms. The Bertz CT molecular complexity index is 503. The molecule has 1 aliphatic carbocycles. The molecule has 0 amide bonds. The Balaban J connectivity index is 2.07. The summed E-state index contributed by atoms with van der Waals surface area (Å²) in [4.78, 5) is 11.4. The van der Waals surface area contributed by atoms with Gasteiger partial charge >= 0.3 is 0 Å². The zero-order chi connectivity index (χ0) is 13.1. The topological polar surface area (TPSA) is 77.8 Å². The van der Waals surface area contributed by atoms with Crippen molar-refractivity contribution in [1.29, 1.82) is 0 Å². The van der Waals surface area contributed by atoms with Gasteiger partial charge in [0.15, 0.2) is 5.78 Å². The minimum absolute atomic E-state index is 0.0210. The predicted octanol–water partition coefficient (Wildman–Crippen LogP) is 2.60. The largest absolute Gasteiger partial charge is 0.512 e. The third kappa shape index (κ3) is 2.64. The predicted molar refractivity (Wildman–Crippen MR) is 66.6 cm³/mol. The van der Waals surface area contributed by atoms with Gasteiger partial charge in [0.2, 0.25) is 0 Å². The van der Waals surface area contributed by atoms with Crippen LogP contribution in [0.5, 0.6) is 11.5 Å². The minimum atomic E-state index is 0.0210. The first-order chi connectivity index (χ1) is 8.58. The summed E-state index contributed by atoms with van der Waals surface area (Å²) in [5.41, 5.74) is 1.09. The van der Waals surface area contributed by atoms with E-state index in [2.05, 4.69) is 0 Å². The van der Waals surface area contributed by atoms with Gasteiger partial charge in [-0.05, 0) is 43.0 Å². The summed E-state index contributed by atoms with van der Waals surface area (Å²) in [5.74, 6) is 0.295. The van der Waals surface area contributed by atoms with E-state index in [-0.39, 0.29) is 23.0 Å². The summed E-state index contributed by atoms with van der Waals surface area (Å²) < 4.78 is 0. The molecule has 1 aromatic carbocycles. The molecule has 0 aliphatic heterocycles. The van der Waals surface area contributed by atoms with E-state index in [1.165, 1.54) is 18.2 Å². The molecule has 0 saturated heterocycles. The highest BCUT2D eigenvalue weighted by Gasteiger charge is 2.21. The van der Waals surface area contributed by atoms with Gasteiger partial charge in [0, 0.05) is 18.4 Å². The van der Waals surface area contributed by atoms with Gasteiger partial charge in [-0.2, -0.15) is 0 Å². The maximum Gasteiger partial charge on any atom is 0.162 e. The molecule has 1 fully saturated rings. The molecule has 0 heterocycles. The van der Waals surface area contributed by atoms with Crippen molar-refractivity contribution < 1.29 is 20.1 Å². The van der Waals surface area contributed by atoms with Gasteiger partial charge in [-0.15, -0.1) is 0 Å². The van der Waals surface area contributed by atoms with Gasteiger partial charge in [0.05, 0.1) is 5.76 Å². The van der Waals surface area contributed by atoms with Gasteiger partial charge in [0.1, 0.15) is 11.5 Å². The normalized spacial score (nSPS) is 18.1. The average molecular weight is 248 g/mol. The lowest BCUT2D eigenvalue weighted by Crippen LogP contribution is -1.99. The maximum atomic E-state index is 11.4. The van der Waals surface area contributed by atoms with Crippen LogP contribution in [-0.4, -0.2) is 21.1 Å². The zero-order valence-corrected chi connectivity index (χ0v) is 10.0. The van der Waals surface area contributed by atoms with Gasteiger partial charge in [-0.25, -0.2) is 0 Å². The van der Waals surface area contributed by atoms with E-state index in [0.29, 0.717) is 36.8 Å². The first-order valence-corrected chi connectivity index (χ1v) is 6.03. The number of aromatic hydroxyl groups is 2. The molecule has 0 aromatic heterocycles. The van der Waals surface area contributed by atoms with Crippen molar-refractivity contribution in [2.24, 2.45) is 0 Å². The van der Waals surface area contributed by atoms with Crippen molar-refractivity contribution in [2.75, 3.05) is 0 Å². The number of hydrogen-bond donors (Lipinski definition) is 3. The van der Waals surface area contributed by atoms with E-state index in [4.69, 9.17) is 0 Å². The lowest BCUT2D eigenvalue weighted by Gasteiger charge is -2.06. The molecule has 3 N–H and O–H groups in total. The molecule has 18 heavy (non-hydrogen) atoms. The van der Waals surface area contributed by atoms with E-state index in [0.717, 1.165) is 6.42 Å². The molecule has 1 aliphatic rings. The summed E-state index contributed by atoms with van der Waals surface area (Å²) in [7, 11) is 0. The molecule has 0 spiro atoms. The fraction of sp³-hybridized carbons (Fsp3) is 0.357. The number of allylic oxidation sites excluding steroid dienone is 2. The van der Waals surface area contributed by atoms with E-state index < -0.39 is 0 Å². The number of phenols is 2. The number of aliphatic hydroxyl groups excluding tert-OH is 1. The summed E-state index contributed by atoms with van der Waals surface area (Å²) in [5, 5.41) is 28.8. The number of aliphatic hydroxyl groups is 1. The van der Waals surface area contributed by atoms with Crippen molar-refractivity contribution in [3.05, 3.63) is 35.1 Å². The summed E-state index contributed by atoms with van der Waals surface area (Å²) in [6, 6.07) is 4.27. The Labute approximate surface area is 105 Å². The number of phenolic OH excluding ortho intramolecular Hbond substituents is 2. The van der Waals surface area contributed by atoms with Crippen molar-refractivity contribution in [3.8, 4) is 11.5 Å². The summed E-state index contributed by atoms with van der Waals surface area (Å²) >= 11 is 0. The van der Waals surface area contributed by atoms with Crippen molar-refractivity contribution in [3.63, 3.8) is 0 Å². The molecule has 0 atom stereocenters. The van der Waals surface area contributed by atoms with E-state index >= 15 is 0 Å². The van der Waals surface area contributed by atoms with Crippen LogP contribution in [0.15, 0.2) is 29.5 Å². The van der Waals surface area contributed by atoms with Crippen LogP contribution in [0.1, 0.15) is 31.2 Å². The highest BCUT2D eigenvalue weighted by Crippen LogP contribution is 2.27. The number of Topliss-reactive ketones (excluding diaryl/α,β-unsaturated/α-hetero) is 1. The Morgan fingerprint density at radius 1 is 1.22 bits per heavy atom. The summed E-state index contributed by atoms with van der Waals surface area (Å²) in [6.07, 6.45) is 2.64. The van der Waals surface area contributed by atoms with Crippen LogP contribution >= 0.6 is 0 Å². The van der Waals surface area contributed by atoms with Crippen molar-refractivity contribution >= 4 is 5.78 Å². The van der Waals surface area contributed by atoms with E-state index in [9.17, 15) is 20.1 Å². The Morgan fingerprint density at radius 2 is 2.00 bits per heavy atom. The lowest BCUT2D eigenvalue weighted by molar-refractivity contribution is -0.114. The van der Waals surface area contributed by atoms with Crippen LogP contribution in [0.25, 0.3) is 0 Å². The molecule has 1 saturated carbocycles. The highest BCUT2D eigenvalue weighted by molar-refractivity contribution is 5.97. The van der Waals surface area contributed by atoms with Gasteiger partial charge in [0.25, 0.3) is 0 Å². The maximum absolute atomic E-state index is 11.4. The lowest BCUT2D eigenvalue weighted by atomic mass is 10.0. The fourth-order valence-corrected chi connectivity index (χ4v) is 2.20. The van der Waals surface area contributed by atoms with E-state index in [1.807, 2.05) is 0 Å². The molecule has 0 unspecified atom stereocenters. The smallest absolute Gasteiger partial charge is 0.162 e. The molecule has 0 radical (unpaired) electrons. The average Bonchev–Trinajstić information content (AvgIpc) is 2.76. The molecule has 4 nitrogen and oxygen atoms in total. The second-order valence-electron chi connectivity index (χ2n) is 4.51. The summed E-state index contributed by atoms with van der Waals surface area (Å²) in [6.45, 7) is 0. The monoisotopic (exact) mass is 248 g/mol. The number of carbonyl (C=O) groups excluding carboxylic acids is 1. The van der Waals surface area contributed by atoms with Crippen LogP contribution in [0.4, 0.5) is 0 Å². The highest BCUT2D eigenvalue weighted by atomic mass is 16.3. The first kappa shape index (κ1) is 12.5. The number of hydrogen-bond acceptors (Lipinski definition) is 4. The molecular weight excluding hydrogens is 232 g/mol. The molecule has 96 valence electrons. The van der Waals surface area contributed by atoms with Crippen LogP contribution in [0, 0.1) is 0 Å². The standard InChI is InChI=1S/C14H16O4/c15-10-5-7-12(16)9(8-10)4-6-14(18)11-2-1-3-13(11)17/h5,7-8,15-16,18H,1-4,6H2/b14-11-. The van der Waals surface area contributed by atoms with Gasteiger partial charge in [-0.1, -0.05) is 0 Å². The molecule has 0 bridgehead atoms. The Morgan fingerprint density at radius 3 is 2.67 bits per heavy atom. The third-order valence-electron chi connectivity index (χ3n) is 3.21. The second kappa shape index (κ2) is 5.12. The quantitative estimate of drug-likeness (QED) is 0.436. The number of aryl methyl sites for hydroxylation is 1. The molecule has 1 aromatic rings. The molecule has 2 rings (SSSR count). The molecular formula is C14H16O4. The van der Waals surface area contributed by atoms with Crippen LogP contribution in [0.2, 0.25) is 0 Å². The fourth-order valence-electron chi connectivity index (χ4n) is 2.20.